The van der Waals surface area contributed by atoms with E-state index in [1.165, 1.54) is 11.3 Å². The lowest BCUT2D eigenvalue weighted by atomic mass is 9.90. The Labute approximate surface area is 150 Å². The number of carboxylic acids is 1. The average molecular weight is 359 g/mol. The number of rotatable bonds is 5. The summed E-state index contributed by atoms with van der Waals surface area (Å²) in [5.74, 6) is -0.602. The second-order valence-corrected chi connectivity index (χ2v) is 7.38. The molecular weight excluding hydrogens is 338 g/mol. The molecule has 132 valence electrons. The number of thiophene rings is 1. The van der Waals surface area contributed by atoms with Gasteiger partial charge in [-0.1, -0.05) is 12.1 Å². The Morgan fingerprint density at radius 2 is 2.00 bits per heavy atom. The van der Waals surface area contributed by atoms with Crippen LogP contribution in [0.1, 0.15) is 49.2 Å². The van der Waals surface area contributed by atoms with Crippen molar-refractivity contribution in [3.05, 3.63) is 57.3 Å². The van der Waals surface area contributed by atoms with Crippen molar-refractivity contribution in [1.29, 1.82) is 0 Å². The molecule has 0 bridgehead atoms. The zero-order chi connectivity index (χ0) is 17.8. The first-order valence-electron chi connectivity index (χ1n) is 8.28. The van der Waals surface area contributed by atoms with E-state index in [0.717, 1.165) is 34.7 Å². The first-order chi connectivity index (χ1) is 12.1. The zero-order valence-corrected chi connectivity index (χ0v) is 14.9. The summed E-state index contributed by atoms with van der Waals surface area (Å²) in [7, 11) is 1.64. The highest BCUT2D eigenvalue weighted by molar-refractivity contribution is 7.14. The maximum atomic E-state index is 12.8. The first-order valence-corrected chi connectivity index (χ1v) is 9.10. The Balaban J connectivity index is 1.69. The third-order valence-electron chi connectivity index (χ3n) is 4.50. The number of likely N-dealkylation sites (tertiary alicyclic amines) is 1. The molecule has 5 nitrogen and oxygen atoms in total. The van der Waals surface area contributed by atoms with Crippen molar-refractivity contribution >= 4 is 23.2 Å². The molecule has 25 heavy (non-hydrogen) atoms. The monoisotopic (exact) mass is 359 g/mol. The predicted octanol–water partition coefficient (Wildman–Crippen LogP) is 3.61. The lowest BCUT2D eigenvalue weighted by Crippen LogP contribution is -2.38. The van der Waals surface area contributed by atoms with Gasteiger partial charge in [-0.2, -0.15) is 0 Å². The summed E-state index contributed by atoms with van der Waals surface area (Å²) >= 11 is 1.48. The maximum absolute atomic E-state index is 12.8. The normalized spacial score (nSPS) is 17.5. The van der Waals surface area contributed by atoms with Gasteiger partial charge in [0.2, 0.25) is 0 Å². The van der Waals surface area contributed by atoms with Crippen molar-refractivity contribution < 1.29 is 19.4 Å². The molecule has 6 heteroatoms. The third kappa shape index (κ3) is 4.08. The van der Waals surface area contributed by atoms with Gasteiger partial charge in [0.05, 0.1) is 17.0 Å². The molecule has 1 atom stereocenters. The molecule has 0 radical (unpaired) electrons. The van der Waals surface area contributed by atoms with Crippen molar-refractivity contribution in [3.63, 3.8) is 0 Å². The van der Waals surface area contributed by atoms with E-state index in [1.807, 2.05) is 29.2 Å². The van der Waals surface area contributed by atoms with Gasteiger partial charge < -0.3 is 14.7 Å². The van der Waals surface area contributed by atoms with Crippen LogP contribution in [0, 0.1) is 0 Å². The summed E-state index contributed by atoms with van der Waals surface area (Å²) in [5.41, 5.74) is 1.38. The predicted molar refractivity (Wildman–Crippen MR) is 96.3 cm³/mol. The lowest BCUT2D eigenvalue weighted by Gasteiger charge is -2.32. The number of aromatic carboxylic acids is 1. The van der Waals surface area contributed by atoms with Crippen molar-refractivity contribution in [2.75, 3.05) is 20.2 Å². The summed E-state index contributed by atoms with van der Waals surface area (Å²) < 4.78 is 5.11. The molecule has 1 aliphatic heterocycles. The number of hydrogen-bond donors (Lipinski definition) is 1. The molecule has 2 aromatic rings. The fourth-order valence-electron chi connectivity index (χ4n) is 3.20. The van der Waals surface area contributed by atoms with Crippen molar-refractivity contribution in [2.45, 2.75) is 25.4 Å². The van der Waals surface area contributed by atoms with E-state index in [0.29, 0.717) is 13.2 Å². The van der Waals surface area contributed by atoms with Crippen LogP contribution in [-0.2, 0) is 11.3 Å². The van der Waals surface area contributed by atoms with Gasteiger partial charge in [-0.05, 0) is 42.7 Å². The number of amides is 1. The minimum Gasteiger partial charge on any atom is -0.478 e. The number of carbonyl (C=O) groups excluding carboxylic acids is 1. The molecular formula is C19H21NO4S. The largest absolute Gasteiger partial charge is 0.478 e. The molecule has 1 fully saturated rings. The van der Waals surface area contributed by atoms with Crippen LogP contribution in [0.5, 0.6) is 0 Å². The van der Waals surface area contributed by atoms with E-state index >= 15 is 0 Å². The molecule has 1 aromatic heterocycles. The summed E-state index contributed by atoms with van der Waals surface area (Å²) in [6, 6.07) is 10.8. The molecule has 1 amide bonds. The smallest absolute Gasteiger partial charge is 0.335 e. The van der Waals surface area contributed by atoms with Gasteiger partial charge in [0.25, 0.3) is 5.91 Å². The van der Waals surface area contributed by atoms with Crippen LogP contribution in [0.3, 0.4) is 0 Å². The van der Waals surface area contributed by atoms with Crippen molar-refractivity contribution in [2.24, 2.45) is 0 Å². The van der Waals surface area contributed by atoms with Gasteiger partial charge in [0.1, 0.15) is 0 Å². The number of nitrogens with zero attached hydrogens (tertiary/aromatic N) is 1. The Morgan fingerprint density at radius 1 is 1.24 bits per heavy atom. The van der Waals surface area contributed by atoms with Crippen LogP contribution in [0.25, 0.3) is 0 Å². The molecule has 1 aromatic carbocycles. The van der Waals surface area contributed by atoms with Crippen molar-refractivity contribution in [3.8, 4) is 0 Å². The number of benzene rings is 1. The fourth-order valence-corrected chi connectivity index (χ4v) is 4.15. The third-order valence-corrected chi connectivity index (χ3v) is 5.54. The van der Waals surface area contributed by atoms with Gasteiger partial charge in [0.15, 0.2) is 0 Å². The second kappa shape index (κ2) is 7.80. The molecule has 1 aliphatic rings. The summed E-state index contributed by atoms with van der Waals surface area (Å²) in [6.07, 6.45) is 1.96. The molecule has 1 N–H and O–H groups in total. The van der Waals surface area contributed by atoms with E-state index in [9.17, 15) is 9.59 Å². The van der Waals surface area contributed by atoms with Crippen LogP contribution in [0.15, 0.2) is 36.4 Å². The van der Waals surface area contributed by atoms with Crippen LogP contribution < -0.4 is 0 Å². The number of methoxy groups -OCH3 is 1. The number of piperidine rings is 1. The number of carboxylic acid groups (broad SMARTS) is 1. The minimum absolute atomic E-state index is 0.0687. The number of hydrogen-bond acceptors (Lipinski definition) is 4. The highest BCUT2D eigenvalue weighted by atomic mass is 32.1. The molecule has 3 rings (SSSR count). The highest BCUT2D eigenvalue weighted by Gasteiger charge is 2.26. The Morgan fingerprint density at radius 3 is 2.68 bits per heavy atom. The van der Waals surface area contributed by atoms with E-state index in [2.05, 4.69) is 0 Å². The van der Waals surface area contributed by atoms with Gasteiger partial charge in [0, 0.05) is 31.0 Å². The number of ether oxygens (including phenoxy) is 1. The topological polar surface area (TPSA) is 66.8 Å². The van der Waals surface area contributed by atoms with E-state index in [4.69, 9.17) is 9.84 Å². The molecule has 0 unspecified atom stereocenters. The molecule has 0 saturated carbocycles. The van der Waals surface area contributed by atoms with E-state index in [-0.39, 0.29) is 17.4 Å². The fraction of sp³-hybridized carbons (Fsp3) is 0.368. The minimum atomic E-state index is -0.920. The summed E-state index contributed by atoms with van der Waals surface area (Å²) in [6.45, 7) is 1.96. The van der Waals surface area contributed by atoms with E-state index < -0.39 is 5.97 Å². The standard InChI is InChI=1S/C19H21NO4S/c1-24-12-16-8-9-17(25-16)18(21)20-10-2-3-15(11-20)13-4-6-14(7-5-13)19(22)23/h4-9,15H,2-3,10-12H2,1H3,(H,22,23)/t15-/m0/s1. The molecule has 2 heterocycles. The van der Waals surface area contributed by atoms with Gasteiger partial charge >= 0.3 is 5.97 Å². The Bertz CT molecular complexity index is 753. The van der Waals surface area contributed by atoms with Gasteiger partial charge in [-0.3, -0.25) is 4.79 Å². The zero-order valence-electron chi connectivity index (χ0n) is 14.1. The quantitative estimate of drug-likeness (QED) is 0.885. The van der Waals surface area contributed by atoms with Crippen LogP contribution in [0.4, 0.5) is 0 Å². The number of carbonyl (C=O) groups is 2. The van der Waals surface area contributed by atoms with Crippen molar-refractivity contribution in [1.82, 2.24) is 4.90 Å². The molecule has 1 saturated heterocycles. The maximum Gasteiger partial charge on any atom is 0.335 e. The Hall–Kier alpha value is -2.18. The summed E-state index contributed by atoms with van der Waals surface area (Å²) in [4.78, 5) is 27.4. The second-order valence-electron chi connectivity index (χ2n) is 6.22. The van der Waals surface area contributed by atoms with Crippen LogP contribution in [-0.4, -0.2) is 42.1 Å². The van der Waals surface area contributed by atoms with Gasteiger partial charge in [-0.25, -0.2) is 4.79 Å². The highest BCUT2D eigenvalue weighted by Crippen LogP contribution is 2.29. The summed E-state index contributed by atoms with van der Waals surface area (Å²) in [5, 5.41) is 9.01. The van der Waals surface area contributed by atoms with Gasteiger partial charge in [-0.15, -0.1) is 11.3 Å². The van der Waals surface area contributed by atoms with E-state index in [1.54, 1.807) is 19.2 Å². The molecule has 0 aliphatic carbocycles. The SMILES string of the molecule is COCc1ccc(C(=O)N2CCC[C@H](c3ccc(C(=O)O)cc3)C2)s1. The Kier molecular flexibility index (Phi) is 5.50. The average Bonchev–Trinajstić information content (AvgIpc) is 3.10. The lowest BCUT2D eigenvalue weighted by molar-refractivity contribution is 0.0694. The van der Waals surface area contributed by atoms with Crippen LogP contribution in [0.2, 0.25) is 0 Å². The molecule has 0 spiro atoms. The van der Waals surface area contributed by atoms with Crippen LogP contribution >= 0.6 is 11.3 Å². The first kappa shape index (κ1) is 17.6.